The molecule has 40 heavy (non-hydrogen) atoms. The molecule has 2 aliphatic rings. The SMILES string of the molecule is CCCC(CCC)N1C(=O)c2ccc3c4c(ccc(c24)C1=O)C(=O)N(N(c1ccccc1)c1ccccc1)C3=O. The van der Waals surface area contributed by atoms with Gasteiger partial charge in [-0.25, -0.2) is 5.01 Å². The van der Waals surface area contributed by atoms with Crippen molar-refractivity contribution in [3.8, 4) is 0 Å². The Hall–Kier alpha value is -4.78. The van der Waals surface area contributed by atoms with Gasteiger partial charge in [0.2, 0.25) is 0 Å². The summed E-state index contributed by atoms with van der Waals surface area (Å²) in [5.74, 6) is -1.78. The van der Waals surface area contributed by atoms with E-state index in [1.54, 1.807) is 29.3 Å². The number of benzene rings is 4. The highest BCUT2D eigenvalue weighted by atomic mass is 16.2. The Balaban J connectivity index is 1.51. The summed E-state index contributed by atoms with van der Waals surface area (Å²) in [6, 6.07) is 24.7. The van der Waals surface area contributed by atoms with Crippen molar-refractivity contribution in [2.45, 2.75) is 45.6 Å². The third-order valence-corrected chi connectivity index (χ3v) is 7.72. The second-order valence-electron chi connectivity index (χ2n) is 10.2. The molecule has 0 saturated carbocycles. The van der Waals surface area contributed by atoms with Crippen LogP contribution in [0.3, 0.4) is 0 Å². The quantitative estimate of drug-likeness (QED) is 0.235. The lowest BCUT2D eigenvalue weighted by molar-refractivity contribution is 0.0516. The van der Waals surface area contributed by atoms with E-state index in [1.807, 2.05) is 74.5 Å². The van der Waals surface area contributed by atoms with Crippen LogP contribution >= 0.6 is 0 Å². The van der Waals surface area contributed by atoms with Crippen molar-refractivity contribution in [3.05, 3.63) is 107 Å². The van der Waals surface area contributed by atoms with Crippen LogP contribution in [-0.4, -0.2) is 39.6 Å². The fraction of sp³-hybridized carbons (Fsp3) is 0.212. The van der Waals surface area contributed by atoms with Gasteiger partial charge in [-0.05, 0) is 61.4 Å². The largest absolute Gasteiger partial charge is 0.280 e. The fourth-order valence-corrected chi connectivity index (χ4v) is 5.98. The molecule has 4 aromatic rings. The lowest BCUT2D eigenvalue weighted by atomic mass is 9.85. The number of carbonyl (C=O) groups excluding carboxylic acids is 4. The smallest absolute Gasteiger partial charge is 0.271 e. The van der Waals surface area contributed by atoms with Crippen molar-refractivity contribution in [2.24, 2.45) is 0 Å². The average molecular weight is 532 g/mol. The Labute approximate surface area is 232 Å². The van der Waals surface area contributed by atoms with E-state index in [9.17, 15) is 19.2 Å². The molecule has 0 fully saturated rings. The molecular weight excluding hydrogens is 502 g/mol. The van der Waals surface area contributed by atoms with Crippen molar-refractivity contribution in [3.63, 3.8) is 0 Å². The maximum Gasteiger partial charge on any atom is 0.280 e. The van der Waals surface area contributed by atoms with Gasteiger partial charge in [0.05, 0.1) is 22.5 Å². The molecule has 2 heterocycles. The van der Waals surface area contributed by atoms with E-state index < -0.39 is 11.8 Å². The van der Waals surface area contributed by atoms with Gasteiger partial charge < -0.3 is 0 Å². The van der Waals surface area contributed by atoms with Crippen LogP contribution in [0.1, 0.15) is 81.0 Å². The lowest BCUT2D eigenvalue weighted by Gasteiger charge is -2.39. The Morgan fingerprint density at radius 3 is 1.30 bits per heavy atom. The van der Waals surface area contributed by atoms with E-state index >= 15 is 0 Å². The number of hydrogen-bond donors (Lipinski definition) is 0. The molecule has 6 rings (SSSR count). The van der Waals surface area contributed by atoms with Crippen molar-refractivity contribution in [1.29, 1.82) is 0 Å². The van der Waals surface area contributed by atoms with Crippen molar-refractivity contribution in [2.75, 3.05) is 5.01 Å². The molecule has 7 nitrogen and oxygen atoms in total. The van der Waals surface area contributed by atoms with E-state index in [-0.39, 0.29) is 29.0 Å². The first-order valence-corrected chi connectivity index (χ1v) is 13.7. The van der Waals surface area contributed by atoms with Gasteiger partial charge in [0.15, 0.2) is 0 Å². The van der Waals surface area contributed by atoms with Crippen LogP contribution < -0.4 is 5.01 Å². The van der Waals surface area contributed by atoms with Gasteiger partial charge in [-0.3, -0.25) is 24.1 Å². The summed E-state index contributed by atoms with van der Waals surface area (Å²) in [4.78, 5) is 57.1. The highest BCUT2D eigenvalue weighted by Crippen LogP contribution is 2.41. The summed E-state index contributed by atoms with van der Waals surface area (Å²) >= 11 is 0. The molecule has 4 amide bonds. The first kappa shape index (κ1) is 25.5. The number of amides is 4. The van der Waals surface area contributed by atoms with Crippen molar-refractivity contribution < 1.29 is 19.2 Å². The van der Waals surface area contributed by atoms with E-state index in [2.05, 4.69) is 0 Å². The highest BCUT2D eigenvalue weighted by Gasteiger charge is 2.43. The lowest BCUT2D eigenvalue weighted by Crippen LogP contribution is -2.51. The van der Waals surface area contributed by atoms with E-state index in [0.717, 1.165) is 30.7 Å². The van der Waals surface area contributed by atoms with E-state index in [4.69, 9.17) is 0 Å². The Morgan fingerprint density at radius 1 is 0.550 bits per heavy atom. The summed E-state index contributed by atoms with van der Waals surface area (Å²) in [6.45, 7) is 4.08. The van der Waals surface area contributed by atoms with E-state index in [0.29, 0.717) is 33.3 Å². The number of hydrazine groups is 1. The molecule has 0 aromatic heterocycles. The molecule has 0 saturated heterocycles. The second kappa shape index (κ2) is 10.1. The molecule has 0 unspecified atom stereocenters. The maximum absolute atomic E-state index is 14.1. The fourth-order valence-electron chi connectivity index (χ4n) is 5.98. The summed E-state index contributed by atoms with van der Waals surface area (Å²) in [6.07, 6.45) is 3.14. The number of rotatable bonds is 8. The Kier molecular flexibility index (Phi) is 6.42. The highest BCUT2D eigenvalue weighted by molar-refractivity contribution is 6.33. The third-order valence-electron chi connectivity index (χ3n) is 7.72. The van der Waals surface area contributed by atoms with Gasteiger partial charge in [0, 0.05) is 27.9 Å². The first-order chi connectivity index (χ1) is 19.5. The molecule has 0 radical (unpaired) electrons. The number of nitrogens with zero attached hydrogens (tertiary/aromatic N) is 3. The summed E-state index contributed by atoms with van der Waals surface area (Å²) < 4.78 is 0. The van der Waals surface area contributed by atoms with Crippen LogP contribution in [0, 0.1) is 0 Å². The first-order valence-electron chi connectivity index (χ1n) is 13.7. The molecule has 0 N–H and O–H groups in total. The van der Waals surface area contributed by atoms with Crippen molar-refractivity contribution >= 4 is 45.8 Å². The molecule has 0 spiro atoms. The standard InChI is InChI=1S/C33H29N3O4/c1-3-11-21(12-4-2)34-30(37)24-17-19-26-29-27(20-18-25(28(24)29)31(34)38)33(40)36(32(26)39)35(22-13-7-5-8-14-22)23-15-9-6-10-16-23/h5-10,13-21H,3-4,11-12H2,1-2H3. The monoisotopic (exact) mass is 531 g/mol. The molecule has 7 heteroatoms. The van der Waals surface area contributed by atoms with Crippen LogP contribution in [0.5, 0.6) is 0 Å². The number of hydrogen-bond acceptors (Lipinski definition) is 5. The molecule has 0 aliphatic carbocycles. The number of carbonyl (C=O) groups is 4. The predicted octanol–water partition coefficient (Wildman–Crippen LogP) is 6.75. The van der Waals surface area contributed by atoms with Gasteiger partial charge in [-0.2, -0.15) is 5.01 Å². The molecule has 4 aromatic carbocycles. The van der Waals surface area contributed by atoms with Gasteiger partial charge in [-0.15, -0.1) is 0 Å². The third kappa shape index (κ3) is 3.80. The minimum atomic E-state index is -0.522. The molecule has 0 atom stereocenters. The molecule has 0 bridgehead atoms. The average Bonchev–Trinajstić information content (AvgIpc) is 2.98. The van der Waals surface area contributed by atoms with Crippen molar-refractivity contribution in [1.82, 2.24) is 9.91 Å². The number of anilines is 2. The van der Waals surface area contributed by atoms with Gasteiger partial charge >= 0.3 is 0 Å². The molecule has 2 aliphatic heterocycles. The van der Waals surface area contributed by atoms with Gasteiger partial charge in [0.1, 0.15) is 0 Å². The van der Waals surface area contributed by atoms with Crippen LogP contribution in [0.2, 0.25) is 0 Å². The number of para-hydroxylation sites is 2. The molecular formula is C33H29N3O4. The minimum Gasteiger partial charge on any atom is -0.271 e. The maximum atomic E-state index is 14.1. The minimum absolute atomic E-state index is 0.200. The van der Waals surface area contributed by atoms with Crippen LogP contribution in [0.25, 0.3) is 10.8 Å². The normalized spacial score (nSPS) is 14.5. The molecule has 200 valence electrons. The van der Waals surface area contributed by atoms with Gasteiger partial charge in [-0.1, -0.05) is 63.1 Å². The Morgan fingerprint density at radius 2 is 0.925 bits per heavy atom. The topological polar surface area (TPSA) is 78.0 Å². The zero-order valence-corrected chi connectivity index (χ0v) is 22.5. The van der Waals surface area contributed by atoms with Crippen LogP contribution in [-0.2, 0) is 0 Å². The summed E-state index contributed by atoms with van der Waals surface area (Å²) in [5.41, 5.74) is 2.54. The zero-order chi connectivity index (χ0) is 28.0. The Bertz CT molecular complexity index is 1550. The summed E-state index contributed by atoms with van der Waals surface area (Å²) in [5, 5.41) is 3.50. The van der Waals surface area contributed by atoms with Crippen LogP contribution in [0.4, 0.5) is 11.4 Å². The van der Waals surface area contributed by atoms with Crippen LogP contribution in [0.15, 0.2) is 84.9 Å². The summed E-state index contributed by atoms with van der Waals surface area (Å²) in [7, 11) is 0. The predicted molar refractivity (Wildman–Crippen MR) is 154 cm³/mol. The van der Waals surface area contributed by atoms with Gasteiger partial charge in [0.25, 0.3) is 23.6 Å². The number of imide groups is 2. The second-order valence-corrected chi connectivity index (χ2v) is 10.2. The zero-order valence-electron chi connectivity index (χ0n) is 22.5. The van der Waals surface area contributed by atoms with E-state index in [1.165, 1.54) is 4.90 Å².